The molecule has 0 aliphatic carbocycles. The van der Waals surface area contributed by atoms with Gasteiger partial charge < -0.3 is 10.2 Å². The zero-order chi connectivity index (χ0) is 15.6. The maximum Gasteiger partial charge on any atom is 0.193 e. The van der Waals surface area contributed by atoms with Crippen LogP contribution >= 0.6 is 0 Å². The minimum atomic E-state index is 0.684. The van der Waals surface area contributed by atoms with Crippen LogP contribution in [0.15, 0.2) is 71.7 Å². The van der Waals surface area contributed by atoms with E-state index in [1.165, 1.54) is 11.1 Å². The van der Waals surface area contributed by atoms with Crippen molar-refractivity contribution >= 4 is 12.0 Å². The van der Waals surface area contributed by atoms with Crippen molar-refractivity contribution in [3.05, 3.63) is 77.9 Å². The minimum absolute atomic E-state index is 0.684. The predicted octanol–water partition coefficient (Wildman–Crippen LogP) is 3.41. The number of benzene rings is 2. The van der Waals surface area contributed by atoms with Crippen LogP contribution in [0, 0.1) is 0 Å². The fraction of sp³-hybridized carbons (Fsp3) is 0.211. The van der Waals surface area contributed by atoms with Crippen molar-refractivity contribution in [2.45, 2.75) is 6.54 Å². The number of hydrogen-bond acceptors (Lipinski definition) is 1. The quantitative estimate of drug-likeness (QED) is 0.676. The molecule has 0 aliphatic heterocycles. The first kappa shape index (κ1) is 15.8. The summed E-state index contributed by atoms with van der Waals surface area (Å²) in [6.07, 6.45) is 4.22. The molecule has 2 rings (SSSR count). The van der Waals surface area contributed by atoms with Crippen molar-refractivity contribution in [1.29, 1.82) is 0 Å². The Balaban J connectivity index is 1.88. The summed E-state index contributed by atoms with van der Waals surface area (Å²) in [6, 6.07) is 20.6. The highest BCUT2D eigenvalue weighted by Crippen LogP contribution is 2.01. The van der Waals surface area contributed by atoms with E-state index in [1.807, 2.05) is 55.4 Å². The molecule has 0 saturated heterocycles. The lowest BCUT2D eigenvalue weighted by molar-refractivity contribution is 0.586. The molecule has 3 nitrogen and oxygen atoms in total. The summed E-state index contributed by atoms with van der Waals surface area (Å²) in [5.41, 5.74) is 2.42. The SMILES string of the molecule is CN(C)C(=NCc1ccccc1)NCC=Cc1ccccc1. The molecule has 0 spiro atoms. The third-order valence-electron chi connectivity index (χ3n) is 3.17. The average molecular weight is 293 g/mol. The second-order valence-corrected chi connectivity index (χ2v) is 5.21. The summed E-state index contributed by atoms with van der Waals surface area (Å²) < 4.78 is 0. The molecule has 2 aromatic carbocycles. The Kier molecular flexibility index (Phi) is 6.24. The Hall–Kier alpha value is -2.55. The van der Waals surface area contributed by atoms with Crippen LogP contribution in [0.4, 0.5) is 0 Å². The molecule has 0 fully saturated rings. The van der Waals surface area contributed by atoms with Crippen molar-refractivity contribution in [3.63, 3.8) is 0 Å². The molecule has 0 aromatic heterocycles. The fourth-order valence-electron chi connectivity index (χ4n) is 2.01. The van der Waals surface area contributed by atoms with E-state index in [2.05, 4.69) is 46.7 Å². The molecule has 0 amide bonds. The highest BCUT2D eigenvalue weighted by atomic mass is 15.3. The minimum Gasteiger partial charge on any atom is -0.353 e. The number of guanidine groups is 1. The van der Waals surface area contributed by atoms with Gasteiger partial charge in [0.05, 0.1) is 6.54 Å². The predicted molar refractivity (Wildman–Crippen MR) is 94.7 cm³/mol. The normalized spacial score (nSPS) is 11.6. The van der Waals surface area contributed by atoms with Gasteiger partial charge in [0.25, 0.3) is 0 Å². The molecule has 2 aromatic rings. The molecule has 0 aliphatic rings. The van der Waals surface area contributed by atoms with E-state index in [-0.39, 0.29) is 0 Å². The van der Waals surface area contributed by atoms with Crippen molar-refractivity contribution in [3.8, 4) is 0 Å². The van der Waals surface area contributed by atoms with Gasteiger partial charge in [0.15, 0.2) is 5.96 Å². The Morgan fingerprint density at radius 3 is 2.27 bits per heavy atom. The number of rotatable bonds is 5. The lowest BCUT2D eigenvalue weighted by atomic mass is 10.2. The van der Waals surface area contributed by atoms with Gasteiger partial charge in [-0.3, -0.25) is 0 Å². The summed E-state index contributed by atoms with van der Waals surface area (Å²) in [6.45, 7) is 1.43. The fourth-order valence-corrected chi connectivity index (χ4v) is 2.01. The molecular weight excluding hydrogens is 270 g/mol. The largest absolute Gasteiger partial charge is 0.353 e. The van der Waals surface area contributed by atoms with Gasteiger partial charge in [-0.05, 0) is 11.1 Å². The Morgan fingerprint density at radius 1 is 1.00 bits per heavy atom. The summed E-state index contributed by atoms with van der Waals surface area (Å²) in [5, 5.41) is 3.35. The van der Waals surface area contributed by atoms with E-state index < -0.39 is 0 Å². The van der Waals surface area contributed by atoms with E-state index in [0.717, 1.165) is 12.5 Å². The standard InChI is InChI=1S/C19H23N3/c1-22(2)19(21-16-18-12-7-4-8-13-18)20-15-9-14-17-10-5-3-6-11-17/h3-14H,15-16H2,1-2H3,(H,20,21). The monoisotopic (exact) mass is 293 g/mol. The highest BCUT2D eigenvalue weighted by Gasteiger charge is 1.99. The highest BCUT2D eigenvalue weighted by molar-refractivity contribution is 5.79. The topological polar surface area (TPSA) is 27.6 Å². The van der Waals surface area contributed by atoms with Gasteiger partial charge in [-0.1, -0.05) is 72.8 Å². The van der Waals surface area contributed by atoms with Gasteiger partial charge in [-0.15, -0.1) is 0 Å². The average Bonchev–Trinajstić information content (AvgIpc) is 2.55. The molecule has 0 radical (unpaired) electrons. The van der Waals surface area contributed by atoms with Crippen LogP contribution in [0.2, 0.25) is 0 Å². The smallest absolute Gasteiger partial charge is 0.193 e. The second kappa shape index (κ2) is 8.67. The number of aliphatic imine (C=N–C) groups is 1. The van der Waals surface area contributed by atoms with Crippen LogP contribution in [0.3, 0.4) is 0 Å². The van der Waals surface area contributed by atoms with Crippen molar-refractivity contribution in [1.82, 2.24) is 10.2 Å². The summed E-state index contributed by atoms with van der Waals surface area (Å²) in [4.78, 5) is 6.63. The van der Waals surface area contributed by atoms with Gasteiger partial charge in [0.1, 0.15) is 0 Å². The van der Waals surface area contributed by atoms with Crippen LogP contribution in [-0.4, -0.2) is 31.5 Å². The van der Waals surface area contributed by atoms with Crippen LogP contribution in [0.5, 0.6) is 0 Å². The first-order chi connectivity index (χ1) is 10.8. The lowest BCUT2D eigenvalue weighted by Crippen LogP contribution is -2.36. The van der Waals surface area contributed by atoms with Gasteiger partial charge in [0.2, 0.25) is 0 Å². The Morgan fingerprint density at radius 2 is 1.64 bits per heavy atom. The number of nitrogens with zero attached hydrogens (tertiary/aromatic N) is 2. The van der Waals surface area contributed by atoms with E-state index in [1.54, 1.807) is 0 Å². The van der Waals surface area contributed by atoms with Gasteiger partial charge in [0, 0.05) is 20.6 Å². The molecule has 3 heteroatoms. The first-order valence-electron chi connectivity index (χ1n) is 7.47. The lowest BCUT2D eigenvalue weighted by Gasteiger charge is -2.16. The molecular formula is C19H23N3. The third-order valence-corrected chi connectivity index (χ3v) is 3.17. The maximum absolute atomic E-state index is 4.64. The summed E-state index contributed by atoms with van der Waals surface area (Å²) in [7, 11) is 4.00. The zero-order valence-corrected chi connectivity index (χ0v) is 13.2. The number of hydrogen-bond donors (Lipinski definition) is 1. The Bertz CT molecular complexity index is 601. The van der Waals surface area contributed by atoms with Crippen molar-refractivity contribution in [2.24, 2.45) is 4.99 Å². The molecule has 0 bridgehead atoms. The molecule has 0 atom stereocenters. The van der Waals surface area contributed by atoms with Gasteiger partial charge >= 0.3 is 0 Å². The molecule has 0 heterocycles. The zero-order valence-electron chi connectivity index (χ0n) is 13.2. The summed E-state index contributed by atoms with van der Waals surface area (Å²) in [5.74, 6) is 0.890. The molecule has 0 saturated carbocycles. The van der Waals surface area contributed by atoms with E-state index >= 15 is 0 Å². The second-order valence-electron chi connectivity index (χ2n) is 5.21. The van der Waals surface area contributed by atoms with E-state index in [0.29, 0.717) is 6.54 Å². The van der Waals surface area contributed by atoms with E-state index in [4.69, 9.17) is 0 Å². The van der Waals surface area contributed by atoms with Crippen molar-refractivity contribution < 1.29 is 0 Å². The summed E-state index contributed by atoms with van der Waals surface area (Å²) >= 11 is 0. The van der Waals surface area contributed by atoms with E-state index in [9.17, 15) is 0 Å². The molecule has 22 heavy (non-hydrogen) atoms. The number of nitrogens with one attached hydrogen (secondary N) is 1. The molecule has 114 valence electrons. The van der Waals surface area contributed by atoms with Crippen LogP contribution in [0.25, 0.3) is 6.08 Å². The molecule has 1 N–H and O–H groups in total. The van der Waals surface area contributed by atoms with Crippen LogP contribution < -0.4 is 5.32 Å². The van der Waals surface area contributed by atoms with Gasteiger partial charge in [-0.2, -0.15) is 0 Å². The van der Waals surface area contributed by atoms with Gasteiger partial charge in [-0.25, -0.2) is 4.99 Å². The van der Waals surface area contributed by atoms with Crippen LogP contribution in [-0.2, 0) is 6.54 Å². The van der Waals surface area contributed by atoms with Crippen molar-refractivity contribution in [2.75, 3.05) is 20.6 Å². The molecule has 0 unspecified atom stereocenters. The first-order valence-corrected chi connectivity index (χ1v) is 7.47. The third kappa shape index (κ3) is 5.44. The Labute approximate surface area is 133 Å². The van der Waals surface area contributed by atoms with Crippen LogP contribution in [0.1, 0.15) is 11.1 Å². The maximum atomic E-state index is 4.64.